The largest absolute Gasteiger partial charge is 0.463 e. The van der Waals surface area contributed by atoms with Crippen LogP contribution in [0, 0.1) is 5.92 Å². The van der Waals surface area contributed by atoms with E-state index < -0.39 is 0 Å². The third kappa shape index (κ3) is 1.32. The maximum absolute atomic E-state index is 5.42. The minimum atomic E-state index is 0.373. The quantitative estimate of drug-likeness (QED) is 0.609. The molecule has 1 fully saturated rings. The molecule has 3 nitrogen and oxygen atoms in total. The molecular weight excluding hydrogens is 140 g/mol. The van der Waals surface area contributed by atoms with E-state index in [1.165, 1.54) is 25.7 Å². The summed E-state index contributed by atoms with van der Waals surface area (Å²) in [6.45, 7) is 0.719. The van der Waals surface area contributed by atoms with Gasteiger partial charge < -0.3 is 10.5 Å². The zero-order valence-electron chi connectivity index (χ0n) is 6.62. The van der Waals surface area contributed by atoms with Crippen molar-refractivity contribution in [3.05, 3.63) is 0 Å². The standard InChI is InChI=1S/C8H14N2O/c9-8-10-7(5-11-8)6-3-1-2-4-6/h6-7H,1-5H2,(H2,9,10). The molecule has 1 aliphatic heterocycles. The van der Waals surface area contributed by atoms with Gasteiger partial charge in [0.25, 0.3) is 6.02 Å². The van der Waals surface area contributed by atoms with Gasteiger partial charge in [0, 0.05) is 0 Å². The van der Waals surface area contributed by atoms with Crippen molar-refractivity contribution in [3.8, 4) is 0 Å². The van der Waals surface area contributed by atoms with Crippen molar-refractivity contribution >= 4 is 6.02 Å². The fourth-order valence-electron chi connectivity index (χ4n) is 1.99. The van der Waals surface area contributed by atoms with Gasteiger partial charge in [0.15, 0.2) is 0 Å². The van der Waals surface area contributed by atoms with Crippen molar-refractivity contribution < 1.29 is 4.74 Å². The first-order valence-corrected chi connectivity index (χ1v) is 4.32. The number of hydrogen-bond acceptors (Lipinski definition) is 3. The van der Waals surface area contributed by atoms with Crippen LogP contribution in [0.5, 0.6) is 0 Å². The Bertz CT molecular complexity index is 173. The smallest absolute Gasteiger partial charge is 0.282 e. The highest BCUT2D eigenvalue weighted by Gasteiger charge is 2.28. The Morgan fingerprint density at radius 3 is 2.64 bits per heavy atom. The number of nitrogens with two attached hydrogens (primary N) is 1. The molecule has 0 radical (unpaired) electrons. The predicted octanol–water partition coefficient (Wildman–Crippen LogP) is 0.890. The molecule has 0 spiro atoms. The first-order chi connectivity index (χ1) is 5.36. The minimum absolute atomic E-state index is 0.373. The zero-order chi connectivity index (χ0) is 7.68. The molecule has 0 aromatic heterocycles. The molecule has 0 bridgehead atoms. The second-order valence-corrected chi connectivity index (χ2v) is 3.39. The van der Waals surface area contributed by atoms with Crippen LogP contribution in [0.4, 0.5) is 0 Å². The summed E-state index contributed by atoms with van der Waals surface area (Å²) in [6.07, 6.45) is 5.34. The molecule has 1 aliphatic carbocycles. The molecule has 1 heterocycles. The van der Waals surface area contributed by atoms with Crippen LogP contribution >= 0.6 is 0 Å². The number of nitrogens with zero attached hydrogens (tertiary/aromatic N) is 1. The van der Waals surface area contributed by atoms with Crippen molar-refractivity contribution in [1.82, 2.24) is 0 Å². The highest BCUT2D eigenvalue weighted by Crippen LogP contribution is 2.30. The summed E-state index contributed by atoms with van der Waals surface area (Å²) in [5.74, 6) is 0.746. The van der Waals surface area contributed by atoms with E-state index in [-0.39, 0.29) is 0 Å². The molecule has 0 amide bonds. The van der Waals surface area contributed by atoms with E-state index in [9.17, 15) is 0 Å². The Hall–Kier alpha value is -0.730. The molecule has 0 aromatic rings. The zero-order valence-corrected chi connectivity index (χ0v) is 6.62. The van der Waals surface area contributed by atoms with Gasteiger partial charge in [-0.25, -0.2) is 4.99 Å². The van der Waals surface area contributed by atoms with Crippen LogP contribution in [0.1, 0.15) is 25.7 Å². The summed E-state index contributed by atoms with van der Waals surface area (Å²) >= 11 is 0. The number of hydrogen-bond donors (Lipinski definition) is 1. The van der Waals surface area contributed by atoms with Gasteiger partial charge in [0.05, 0.1) is 6.04 Å². The molecule has 1 saturated carbocycles. The third-order valence-corrected chi connectivity index (χ3v) is 2.64. The average molecular weight is 154 g/mol. The van der Waals surface area contributed by atoms with Crippen molar-refractivity contribution in [2.45, 2.75) is 31.7 Å². The summed E-state index contributed by atoms with van der Waals surface area (Å²) in [5, 5.41) is 0. The normalized spacial score (nSPS) is 32.0. The SMILES string of the molecule is NC1=NC(C2CCCC2)CO1. The molecular formula is C8H14N2O. The molecule has 62 valence electrons. The Morgan fingerprint density at radius 2 is 2.09 bits per heavy atom. The van der Waals surface area contributed by atoms with Crippen LogP contribution in [0.25, 0.3) is 0 Å². The monoisotopic (exact) mass is 154 g/mol. The lowest BCUT2D eigenvalue weighted by Crippen LogP contribution is -2.16. The lowest BCUT2D eigenvalue weighted by atomic mass is 10.00. The van der Waals surface area contributed by atoms with E-state index in [0.29, 0.717) is 12.1 Å². The topological polar surface area (TPSA) is 47.6 Å². The van der Waals surface area contributed by atoms with Gasteiger partial charge in [-0.1, -0.05) is 12.8 Å². The number of ether oxygens (including phenoxy) is 1. The van der Waals surface area contributed by atoms with E-state index in [1.54, 1.807) is 0 Å². The molecule has 2 aliphatic rings. The lowest BCUT2D eigenvalue weighted by molar-refractivity contribution is 0.276. The highest BCUT2D eigenvalue weighted by atomic mass is 16.5. The van der Waals surface area contributed by atoms with Gasteiger partial charge >= 0.3 is 0 Å². The van der Waals surface area contributed by atoms with Gasteiger partial charge in [0.2, 0.25) is 0 Å². The minimum Gasteiger partial charge on any atom is -0.463 e. The summed E-state index contributed by atoms with van der Waals surface area (Å²) < 4.78 is 5.11. The summed E-state index contributed by atoms with van der Waals surface area (Å²) in [7, 11) is 0. The molecule has 0 saturated heterocycles. The Morgan fingerprint density at radius 1 is 1.36 bits per heavy atom. The predicted molar refractivity (Wildman–Crippen MR) is 43.3 cm³/mol. The van der Waals surface area contributed by atoms with Gasteiger partial charge in [-0.3, -0.25) is 0 Å². The highest BCUT2D eigenvalue weighted by molar-refractivity contribution is 5.73. The van der Waals surface area contributed by atoms with E-state index in [0.717, 1.165) is 12.5 Å². The van der Waals surface area contributed by atoms with Crippen LogP contribution in [-0.4, -0.2) is 18.7 Å². The summed E-state index contributed by atoms with van der Waals surface area (Å²) in [5.41, 5.74) is 5.42. The van der Waals surface area contributed by atoms with E-state index in [4.69, 9.17) is 10.5 Å². The molecule has 2 rings (SSSR count). The average Bonchev–Trinajstić information content (AvgIpc) is 2.55. The number of amidine groups is 1. The molecule has 3 heteroatoms. The van der Waals surface area contributed by atoms with Crippen molar-refractivity contribution in [2.24, 2.45) is 16.6 Å². The number of aliphatic imine (C=N–C) groups is 1. The summed E-state index contributed by atoms with van der Waals surface area (Å²) in [4.78, 5) is 4.24. The Balaban J connectivity index is 1.95. The van der Waals surface area contributed by atoms with Gasteiger partial charge in [-0.05, 0) is 18.8 Å². The second-order valence-electron chi connectivity index (χ2n) is 3.39. The van der Waals surface area contributed by atoms with Crippen molar-refractivity contribution in [1.29, 1.82) is 0 Å². The maximum atomic E-state index is 5.42. The molecule has 0 aromatic carbocycles. The van der Waals surface area contributed by atoms with E-state index in [1.807, 2.05) is 0 Å². The van der Waals surface area contributed by atoms with Crippen molar-refractivity contribution in [3.63, 3.8) is 0 Å². The third-order valence-electron chi connectivity index (χ3n) is 2.64. The first kappa shape index (κ1) is 6.95. The number of rotatable bonds is 1. The van der Waals surface area contributed by atoms with E-state index >= 15 is 0 Å². The van der Waals surface area contributed by atoms with Crippen LogP contribution in [0.15, 0.2) is 4.99 Å². The molecule has 1 unspecified atom stereocenters. The van der Waals surface area contributed by atoms with Gasteiger partial charge in [0.1, 0.15) is 6.61 Å². The van der Waals surface area contributed by atoms with Gasteiger partial charge in [-0.2, -0.15) is 0 Å². The van der Waals surface area contributed by atoms with Gasteiger partial charge in [-0.15, -0.1) is 0 Å². The van der Waals surface area contributed by atoms with Crippen LogP contribution in [-0.2, 0) is 4.74 Å². The fraction of sp³-hybridized carbons (Fsp3) is 0.875. The van der Waals surface area contributed by atoms with Crippen LogP contribution in [0.3, 0.4) is 0 Å². The molecule has 1 atom stereocenters. The second kappa shape index (κ2) is 2.72. The first-order valence-electron chi connectivity index (χ1n) is 4.32. The Labute approximate surface area is 66.6 Å². The van der Waals surface area contributed by atoms with Crippen LogP contribution in [0.2, 0.25) is 0 Å². The fourth-order valence-corrected chi connectivity index (χ4v) is 1.99. The van der Waals surface area contributed by atoms with E-state index in [2.05, 4.69) is 4.99 Å². The molecule has 2 N–H and O–H groups in total. The summed E-state index contributed by atoms with van der Waals surface area (Å²) in [6, 6.07) is 0.763. The Kier molecular flexibility index (Phi) is 1.72. The maximum Gasteiger partial charge on any atom is 0.282 e. The lowest BCUT2D eigenvalue weighted by Gasteiger charge is -2.11. The van der Waals surface area contributed by atoms with Crippen LogP contribution < -0.4 is 5.73 Å². The van der Waals surface area contributed by atoms with Crippen molar-refractivity contribution in [2.75, 3.05) is 6.61 Å². The molecule has 11 heavy (non-hydrogen) atoms.